The SMILES string of the molecule is C=CC[C@@H](O)C[C@H](C)C[C@H](C[C@@H](CCC)O[Si](c1ccccc1)(c1ccccc1)C(C)(C)C)OC. The molecule has 0 radical (unpaired) electrons. The van der Waals surface area contributed by atoms with Crippen molar-refractivity contribution in [3.8, 4) is 0 Å². The van der Waals surface area contributed by atoms with E-state index < -0.39 is 8.32 Å². The van der Waals surface area contributed by atoms with Crippen molar-refractivity contribution in [1.29, 1.82) is 0 Å². The molecule has 0 heterocycles. The van der Waals surface area contributed by atoms with Crippen LogP contribution >= 0.6 is 0 Å². The van der Waals surface area contributed by atoms with E-state index in [0.29, 0.717) is 12.3 Å². The van der Waals surface area contributed by atoms with E-state index in [4.69, 9.17) is 9.16 Å². The van der Waals surface area contributed by atoms with Crippen LogP contribution in [0.4, 0.5) is 0 Å². The molecule has 4 atom stereocenters. The number of methoxy groups -OCH3 is 1. The van der Waals surface area contributed by atoms with Gasteiger partial charge in [0.15, 0.2) is 0 Å². The standard InChI is InChI=1S/C31H48O3Si/c1-8-16-26(32)22-25(3)23-28(33-7)24-27(17-9-2)34-35(31(4,5)6,29-18-12-10-13-19-29)30-20-14-11-15-21-30/h8,10-15,18-21,25-28,32H,1,9,16-17,22-24H2,2-7H3/t25-,26+,27+,28+/m0/s1. The van der Waals surface area contributed by atoms with Gasteiger partial charge in [-0.15, -0.1) is 6.58 Å². The summed E-state index contributed by atoms with van der Waals surface area (Å²) in [5.41, 5.74) is 0. The highest BCUT2D eigenvalue weighted by atomic mass is 28.4. The molecular formula is C31H48O3Si. The van der Waals surface area contributed by atoms with Gasteiger partial charge in [0.25, 0.3) is 8.32 Å². The molecule has 0 saturated carbocycles. The summed E-state index contributed by atoms with van der Waals surface area (Å²) in [6.07, 6.45) is 6.88. The molecule has 2 aromatic rings. The zero-order valence-corrected chi connectivity index (χ0v) is 23.9. The van der Waals surface area contributed by atoms with E-state index in [1.54, 1.807) is 6.08 Å². The van der Waals surface area contributed by atoms with Gasteiger partial charge in [0.1, 0.15) is 0 Å². The van der Waals surface area contributed by atoms with E-state index in [1.165, 1.54) is 10.4 Å². The second-order valence-electron chi connectivity index (χ2n) is 11.0. The first-order valence-electron chi connectivity index (χ1n) is 13.3. The molecule has 0 unspecified atom stereocenters. The minimum atomic E-state index is -2.61. The fourth-order valence-corrected chi connectivity index (χ4v) is 10.1. The maximum absolute atomic E-state index is 10.2. The largest absolute Gasteiger partial charge is 0.404 e. The Bertz CT molecular complexity index is 807. The van der Waals surface area contributed by atoms with Crippen LogP contribution in [0.25, 0.3) is 0 Å². The summed E-state index contributed by atoms with van der Waals surface area (Å²) >= 11 is 0. The van der Waals surface area contributed by atoms with Crippen molar-refractivity contribution < 1.29 is 14.3 Å². The van der Waals surface area contributed by atoms with Gasteiger partial charge in [-0.2, -0.15) is 0 Å². The van der Waals surface area contributed by atoms with Gasteiger partial charge in [0, 0.05) is 13.2 Å². The lowest BCUT2D eigenvalue weighted by Crippen LogP contribution is -2.67. The number of ether oxygens (including phenoxy) is 1. The molecule has 2 rings (SSSR count). The van der Waals surface area contributed by atoms with Gasteiger partial charge in [0.05, 0.1) is 12.2 Å². The third-order valence-electron chi connectivity index (χ3n) is 7.01. The van der Waals surface area contributed by atoms with Crippen LogP contribution in [0, 0.1) is 5.92 Å². The Hall–Kier alpha value is -1.72. The number of hydrogen-bond acceptors (Lipinski definition) is 3. The molecule has 0 spiro atoms. The molecule has 0 aliphatic carbocycles. The van der Waals surface area contributed by atoms with Crippen molar-refractivity contribution in [3.63, 3.8) is 0 Å². The zero-order chi connectivity index (χ0) is 25.9. The summed E-state index contributed by atoms with van der Waals surface area (Å²) in [6.45, 7) is 15.2. The molecule has 0 amide bonds. The molecule has 0 saturated heterocycles. The van der Waals surface area contributed by atoms with Crippen LogP contribution in [0.15, 0.2) is 73.3 Å². The van der Waals surface area contributed by atoms with Crippen LogP contribution in [0.2, 0.25) is 5.04 Å². The first-order valence-corrected chi connectivity index (χ1v) is 15.2. The van der Waals surface area contributed by atoms with Crippen LogP contribution in [-0.4, -0.2) is 38.8 Å². The maximum Gasteiger partial charge on any atom is 0.261 e. The summed E-state index contributed by atoms with van der Waals surface area (Å²) in [7, 11) is -0.804. The number of benzene rings is 2. The molecule has 0 bridgehead atoms. The predicted octanol–water partition coefficient (Wildman–Crippen LogP) is 6.49. The lowest BCUT2D eigenvalue weighted by molar-refractivity contribution is 0.0283. The molecule has 0 aromatic heterocycles. The van der Waals surface area contributed by atoms with Gasteiger partial charge in [-0.05, 0) is 53.4 Å². The summed E-state index contributed by atoms with van der Waals surface area (Å²) in [5, 5.41) is 12.8. The van der Waals surface area contributed by atoms with E-state index in [-0.39, 0.29) is 23.4 Å². The molecular weight excluding hydrogens is 448 g/mol. The van der Waals surface area contributed by atoms with E-state index in [0.717, 1.165) is 32.1 Å². The molecule has 4 heteroatoms. The van der Waals surface area contributed by atoms with E-state index in [9.17, 15) is 5.11 Å². The molecule has 194 valence electrons. The van der Waals surface area contributed by atoms with Gasteiger partial charge in [-0.3, -0.25) is 0 Å². The summed E-state index contributed by atoms with van der Waals surface area (Å²) in [4.78, 5) is 0. The average Bonchev–Trinajstić information content (AvgIpc) is 2.82. The molecule has 35 heavy (non-hydrogen) atoms. The maximum atomic E-state index is 10.2. The molecule has 2 aromatic carbocycles. The normalized spacial score (nSPS) is 15.9. The molecule has 0 fully saturated rings. The second-order valence-corrected chi connectivity index (χ2v) is 15.3. The Morgan fingerprint density at radius 1 is 0.914 bits per heavy atom. The second kappa shape index (κ2) is 14.1. The summed E-state index contributed by atoms with van der Waals surface area (Å²) < 4.78 is 13.4. The first kappa shape index (κ1) is 29.5. The highest BCUT2D eigenvalue weighted by Gasteiger charge is 2.51. The van der Waals surface area contributed by atoms with Gasteiger partial charge < -0.3 is 14.3 Å². The lowest BCUT2D eigenvalue weighted by Gasteiger charge is -2.45. The summed E-state index contributed by atoms with van der Waals surface area (Å²) in [6, 6.07) is 21.7. The Balaban J connectivity index is 2.38. The minimum Gasteiger partial charge on any atom is -0.404 e. The zero-order valence-electron chi connectivity index (χ0n) is 22.9. The topological polar surface area (TPSA) is 38.7 Å². The van der Waals surface area contributed by atoms with Crippen LogP contribution < -0.4 is 10.4 Å². The van der Waals surface area contributed by atoms with Crippen molar-refractivity contribution in [2.75, 3.05) is 7.11 Å². The third kappa shape index (κ3) is 8.14. The monoisotopic (exact) mass is 496 g/mol. The van der Waals surface area contributed by atoms with E-state index >= 15 is 0 Å². The number of rotatable bonds is 15. The Morgan fingerprint density at radius 2 is 1.46 bits per heavy atom. The Kier molecular flexibility index (Phi) is 11.9. The Morgan fingerprint density at radius 3 is 1.89 bits per heavy atom. The fourth-order valence-electron chi connectivity index (χ4n) is 5.37. The first-order chi connectivity index (χ1) is 16.7. The molecule has 0 aliphatic rings. The summed E-state index contributed by atoms with van der Waals surface area (Å²) in [5.74, 6) is 0.366. The van der Waals surface area contributed by atoms with Crippen molar-refractivity contribution in [2.24, 2.45) is 5.92 Å². The van der Waals surface area contributed by atoms with Crippen LogP contribution in [0.1, 0.15) is 73.1 Å². The van der Waals surface area contributed by atoms with Gasteiger partial charge in [-0.1, -0.05) is 108 Å². The van der Waals surface area contributed by atoms with Crippen molar-refractivity contribution in [3.05, 3.63) is 73.3 Å². The quantitative estimate of drug-likeness (QED) is 0.226. The average molecular weight is 497 g/mol. The third-order valence-corrected chi connectivity index (χ3v) is 12.1. The number of aliphatic hydroxyl groups excluding tert-OH is 1. The fraction of sp³-hybridized carbons (Fsp3) is 0.548. The van der Waals surface area contributed by atoms with Gasteiger partial charge in [-0.25, -0.2) is 0 Å². The lowest BCUT2D eigenvalue weighted by atomic mass is 9.93. The van der Waals surface area contributed by atoms with Crippen LogP contribution in [-0.2, 0) is 9.16 Å². The van der Waals surface area contributed by atoms with E-state index in [1.807, 2.05) is 7.11 Å². The van der Waals surface area contributed by atoms with Crippen molar-refractivity contribution in [1.82, 2.24) is 0 Å². The predicted molar refractivity (Wildman–Crippen MR) is 152 cm³/mol. The van der Waals surface area contributed by atoms with Gasteiger partial charge in [0.2, 0.25) is 0 Å². The number of aliphatic hydroxyl groups is 1. The van der Waals surface area contributed by atoms with Crippen molar-refractivity contribution >= 4 is 18.7 Å². The highest BCUT2D eigenvalue weighted by Crippen LogP contribution is 2.38. The van der Waals surface area contributed by atoms with Crippen LogP contribution in [0.5, 0.6) is 0 Å². The number of hydrogen-bond donors (Lipinski definition) is 1. The Labute approximate surface area is 215 Å². The smallest absolute Gasteiger partial charge is 0.261 e. The minimum absolute atomic E-state index is 0.0493. The highest BCUT2D eigenvalue weighted by molar-refractivity contribution is 6.99. The van der Waals surface area contributed by atoms with Crippen LogP contribution in [0.3, 0.4) is 0 Å². The van der Waals surface area contributed by atoms with E-state index in [2.05, 4.69) is 102 Å². The van der Waals surface area contributed by atoms with Crippen molar-refractivity contribution in [2.45, 2.75) is 96.5 Å². The van der Waals surface area contributed by atoms with Gasteiger partial charge >= 0.3 is 0 Å². The molecule has 3 nitrogen and oxygen atoms in total. The molecule has 1 N–H and O–H groups in total. The molecule has 0 aliphatic heterocycles.